The number of nitrogens with one attached hydrogen (secondary N) is 1. The number of nitriles is 1. The Morgan fingerprint density at radius 2 is 2.12 bits per heavy atom. The van der Waals surface area contributed by atoms with Gasteiger partial charge in [-0.15, -0.1) is 0 Å². The average Bonchev–Trinajstić information content (AvgIpc) is 2.63. The zero-order chi connectivity index (χ0) is 18.7. The van der Waals surface area contributed by atoms with Crippen molar-refractivity contribution in [2.45, 2.75) is 5.16 Å². The highest BCUT2D eigenvalue weighted by Gasteiger charge is 2.12. The summed E-state index contributed by atoms with van der Waals surface area (Å²) in [6, 6.07) is 13.7. The minimum atomic E-state index is -0.293. The molecule has 8 heteroatoms. The molecule has 0 aliphatic heterocycles. The smallest absolute Gasteiger partial charge is 0.261 e. The Labute approximate surface area is 158 Å². The summed E-state index contributed by atoms with van der Waals surface area (Å²) in [5.41, 5.74) is 1.12. The third kappa shape index (κ3) is 3.72. The highest BCUT2D eigenvalue weighted by molar-refractivity contribution is 7.99. The van der Waals surface area contributed by atoms with Crippen molar-refractivity contribution in [1.29, 1.82) is 5.26 Å². The van der Waals surface area contributed by atoms with E-state index in [1.165, 1.54) is 4.57 Å². The number of aromatic nitrogens is 2. The molecule has 0 atom stereocenters. The Bertz CT molecular complexity index is 1100. The molecular formula is C18H13ClN4O2S. The molecule has 0 bridgehead atoms. The average molecular weight is 385 g/mol. The molecule has 0 fully saturated rings. The van der Waals surface area contributed by atoms with Crippen molar-refractivity contribution in [3.63, 3.8) is 0 Å². The fourth-order valence-corrected chi connectivity index (χ4v) is 3.30. The van der Waals surface area contributed by atoms with E-state index in [0.717, 1.165) is 11.8 Å². The Balaban J connectivity index is 1.79. The third-order valence-corrected chi connectivity index (χ3v) is 4.92. The first-order valence-electron chi connectivity index (χ1n) is 7.57. The van der Waals surface area contributed by atoms with E-state index < -0.39 is 0 Å². The molecule has 26 heavy (non-hydrogen) atoms. The highest BCUT2D eigenvalue weighted by Crippen LogP contribution is 2.20. The molecular weight excluding hydrogens is 372 g/mol. The van der Waals surface area contributed by atoms with Gasteiger partial charge in [-0.25, -0.2) is 4.98 Å². The fourth-order valence-electron chi connectivity index (χ4n) is 2.36. The second-order valence-electron chi connectivity index (χ2n) is 5.41. The number of benzene rings is 2. The van der Waals surface area contributed by atoms with Crippen molar-refractivity contribution < 1.29 is 4.79 Å². The van der Waals surface area contributed by atoms with Crippen LogP contribution >= 0.6 is 23.4 Å². The molecule has 6 nitrogen and oxygen atoms in total. The molecule has 0 radical (unpaired) electrons. The predicted molar refractivity (Wildman–Crippen MR) is 103 cm³/mol. The van der Waals surface area contributed by atoms with Gasteiger partial charge in [0.15, 0.2) is 5.16 Å². The van der Waals surface area contributed by atoms with Gasteiger partial charge in [0.1, 0.15) is 6.07 Å². The first kappa shape index (κ1) is 18.0. The second kappa shape index (κ2) is 7.60. The van der Waals surface area contributed by atoms with Crippen molar-refractivity contribution in [2.75, 3.05) is 11.1 Å². The minimum Gasteiger partial charge on any atom is -0.324 e. The van der Waals surface area contributed by atoms with E-state index in [2.05, 4.69) is 10.3 Å². The maximum Gasteiger partial charge on any atom is 0.261 e. The molecule has 0 aliphatic carbocycles. The summed E-state index contributed by atoms with van der Waals surface area (Å²) < 4.78 is 1.40. The molecule has 1 N–H and O–H groups in total. The molecule has 0 saturated carbocycles. The monoisotopic (exact) mass is 384 g/mol. The van der Waals surface area contributed by atoms with Crippen LogP contribution in [-0.2, 0) is 11.8 Å². The number of para-hydroxylation sites is 1. The summed E-state index contributed by atoms with van der Waals surface area (Å²) in [6.45, 7) is 0. The lowest BCUT2D eigenvalue weighted by Crippen LogP contribution is -2.21. The molecule has 2 aromatic carbocycles. The molecule has 1 heterocycles. The van der Waals surface area contributed by atoms with Crippen LogP contribution in [0.5, 0.6) is 0 Å². The number of thioether (sulfide) groups is 1. The van der Waals surface area contributed by atoms with Crippen LogP contribution < -0.4 is 10.9 Å². The lowest BCUT2D eigenvalue weighted by atomic mass is 10.2. The Kier molecular flexibility index (Phi) is 5.26. The normalized spacial score (nSPS) is 10.5. The summed E-state index contributed by atoms with van der Waals surface area (Å²) >= 11 is 7.10. The lowest BCUT2D eigenvalue weighted by Gasteiger charge is -2.10. The first-order chi connectivity index (χ1) is 12.5. The van der Waals surface area contributed by atoms with E-state index in [9.17, 15) is 9.59 Å². The van der Waals surface area contributed by atoms with Gasteiger partial charge < -0.3 is 5.32 Å². The number of hydrogen-bond donors (Lipinski definition) is 1. The standard InChI is InChI=1S/C18H13ClN4O2S/c1-23-17(25)13-7-6-12(19)8-15(13)22-18(23)26-10-16(24)21-14-5-3-2-4-11(14)9-20/h2-8H,10H2,1H3,(H,21,24). The van der Waals surface area contributed by atoms with E-state index >= 15 is 0 Å². The van der Waals surface area contributed by atoms with Crippen molar-refractivity contribution >= 4 is 45.9 Å². The second-order valence-corrected chi connectivity index (χ2v) is 6.79. The number of hydrogen-bond acceptors (Lipinski definition) is 5. The van der Waals surface area contributed by atoms with Gasteiger partial charge in [0.05, 0.1) is 27.9 Å². The van der Waals surface area contributed by atoms with Crippen molar-refractivity contribution in [3.05, 3.63) is 63.4 Å². The molecule has 0 saturated heterocycles. The minimum absolute atomic E-state index is 0.0477. The highest BCUT2D eigenvalue weighted by atomic mass is 35.5. The van der Waals surface area contributed by atoms with Crippen molar-refractivity contribution in [3.8, 4) is 6.07 Å². The summed E-state index contributed by atoms with van der Waals surface area (Å²) in [4.78, 5) is 29.0. The Hall–Kier alpha value is -2.82. The van der Waals surface area contributed by atoms with E-state index in [4.69, 9.17) is 16.9 Å². The number of fused-ring (bicyclic) bond motifs is 1. The molecule has 0 unspecified atom stereocenters. The molecule has 1 aromatic heterocycles. The van der Waals surface area contributed by atoms with E-state index in [1.807, 2.05) is 6.07 Å². The van der Waals surface area contributed by atoms with Crippen molar-refractivity contribution in [2.24, 2.45) is 7.05 Å². The van der Waals surface area contributed by atoms with Gasteiger partial charge in [-0.1, -0.05) is 35.5 Å². The maximum atomic E-state index is 12.4. The van der Waals surface area contributed by atoms with Gasteiger partial charge in [0.2, 0.25) is 5.91 Å². The van der Waals surface area contributed by atoms with E-state index in [0.29, 0.717) is 32.3 Å². The topological polar surface area (TPSA) is 87.8 Å². The van der Waals surface area contributed by atoms with E-state index in [1.54, 1.807) is 49.5 Å². The van der Waals surface area contributed by atoms with Crippen LogP contribution in [0.2, 0.25) is 5.02 Å². The van der Waals surface area contributed by atoms with Crippen LogP contribution in [0.4, 0.5) is 5.69 Å². The molecule has 1 amide bonds. The summed E-state index contributed by atoms with van der Waals surface area (Å²) in [5, 5.41) is 13.1. The van der Waals surface area contributed by atoms with Crippen LogP contribution in [0.3, 0.4) is 0 Å². The number of halogens is 1. The molecule has 3 rings (SSSR count). The number of amides is 1. The summed E-state index contributed by atoms with van der Waals surface area (Å²) in [5.74, 6) is -0.246. The fraction of sp³-hybridized carbons (Fsp3) is 0.111. The molecule has 0 aliphatic rings. The van der Waals surface area contributed by atoms with Gasteiger partial charge >= 0.3 is 0 Å². The van der Waals surface area contributed by atoms with Crippen LogP contribution in [0.1, 0.15) is 5.56 Å². The lowest BCUT2D eigenvalue weighted by molar-refractivity contribution is -0.113. The zero-order valence-electron chi connectivity index (χ0n) is 13.7. The van der Waals surface area contributed by atoms with Gasteiger partial charge in [-0.05, 0) is 30.3 Å². The number of nitrogens with zero attached hydrogens (tertiary/aromatic N) is 3. The van der Waals surface area contributed by atoms with Gasteiger partial charge in [0.25, 0.3) is 5.56 Å². The predicted octanol–water partition coefficient (Wildman–Crippen LogP) is 3.19. The first-order valence-corrected chi connectivity index (χ1v) is 8.94. The molecule has 130 valence electrons. The number of anilines is 1. The number of rotatable bonds is 4. The Morgan fingerprint density at radius 1 is 1.35 bits per heavy atom. The van der Waals surface area contributed by atoms with Gasteiger partial charge in [-0.3, -0.25) is 14.2 Å². The zero-order valence-corrected chi connectivity index (χ0v) is 15.3. The number of carbonyl (C=O) groups is 1. The van der Waals surface area contributed by atoms with Crippen molar-refractivity contribution in [1.82, 2.24) is 9.55 Å². The van der Waals surface area contributed by atoms with Gasteiger partial charge in [-0.2, -0.15) is 5.26 Å². The quantitative estimate of drug-likeness (QED) is 0.551. The largest absolute Gasteiger partial charge is 0.324 e. The molecule has 3 aromatic rings. The van der Waals surface area contributed by atoms with Gasteiger partial charge in [0, 0.05) is 12.1 Å². The molecule has 0 spiro atoms. The van der Waals surface area contributed by atoms with Crippen LogP contribution in [-0.4, -0.2) is 21.2 Å². The van der Waals surface area contributed by atoms with E-state index in [-0.39, 0.29) is 17.2 Å². The Morgan fingerprint density at radius 3 is 2.88 bits per heavy atom. The SMILES string of the molecule is Cn1c(SCC(=O)Nc2ccccc2C#N)nc2cc(Cl)ccc2c1=O. The van der Waals surface area contributed by atoms with Crippen LogP contribution in [0, 0.1) is 11.3 Å². The summed E-state index contributed by atoms with van der Waals surface area (Å²) in [6.07, 6.45) is 0. The van der Waals surface area contributed by atoms with Crippen LogP contribution in [0.15, 0.2) is 52.4 Å². The third-order valence-electron chi connectivity index (χ3n) is 3.65. The summed E-state index contributed by atoms with van der Waals surface area (Å²) in [7, 11) is 1.61. The van der Waals surface area contributed by atoms with Crippen LogP contribution in [0.25, 0.3) is 10.9 Å². The maximum absolute atomic E-state index is 12.4. The number of carbonyl (C=O) groups excluding carboxylic acids is 1.